The van der Waals surface area contributed by atoms with Crippen LogP contribution in [0.3, 0.4) is 0 Å². The summed E-state index contributed by atoms with van der Waals surface area (Å²) in [5.41, 5.74) is 5.68. The molecule has 0 radical (unpaired) electrons. The fraction of sp³-hybridized carbons (Fsp3) is 0.148. The van der Waals surface area contributed by atoms with Gasteiger partial charge in [-0.1, -0.05) is 48.5 Å². The molecule has 1 N–H and O–H groups in total. The van der Waals surface area contributed by atoms with Gasteiger partial charge in [0.25, 0.3) is 5.91 Å². The number of pyridine rings is 2. The van der Waals surface area contributed by atoms with E-state index < -0.39 is 5.91 Å². The molecule has 2 heterocycles. The number of nitrogens with one attached hydrogen (secondary N) is 1. The first kappa shape index (κ1) is 21.2. The third-order valence-electron chi connectivity index (χ3n) is 5.60. The Labute approximate surface area is 187 Å². The summed E-state index contributed by atoms with van der Waals surface area (Å²) in [6.45, 7) is 6.30. The number of hydrogen-bond acceptors (Lipinski definition) is 3. The molecule has 2 aromatic heterocycles. The summed E-state index contributed by atoms with van der Waals surface area (Å²) < 4.78 is 2.02. The molecule has 1 amide bonds. The van der Waals surface area contributed by atoms with Gasteiger partial charge in [-0.15, -0.1) is 0 Å². The monoisotopic (exact) mass is 423 g/mol. The van der Waals surface area contributed by atoms with E-state index in [1.54, 1.807) is 12.4 Å². The van der Waals surface area contributed by atoms with Gasteiger partial charge in [-0.3, -0.25) is 14.6 Å². The highest BCUT2D eigenvalue weighted by Crippen LogP contribution is 2.28. The molecule has 0 aliphatic heterocycles. The van der Waals surface area contributed by atoms with Crippen molar-refractivity contribution in [3.63, 3.8) is 0 Å². The first-order chi connectivity index (χ1) is 15.5. The molecule has 5 nitrogen and oxygen atoms in total. The second kappa shape index (κ2) is 9.02. The minimum absolute atomic E-state index is 0.136. The number of aryl methyl sites for hydroxylation is 3. The van der Waals surface area contributed by atoms with Crippen LogP contribution in [0.15, 0.2) is 83.9 Å². The van der Waals surface area contributed by atoms with Gasteiger partial charge < -0.3 is 9.88 Å². The number of carbonyl (C=O) groups excluding carboxylic acids is 1. The fourth-order valence-corrected chi connectivity index (χ4v) is 3.88. The SMILES string of the molecule is Cc1ccccc1NC(=O)c1c(-c2ccccc2C)n(Cc2cccnc2)c(C)cc1=O. The van der Waals surface area contributed by atoms with Gasteiger partial charge in [0, 0.05) is 41.9 Å². The van der Waals surface area contributed by atoms with E-state index in [0.29, 0.717) is 17.9 Å². The van der Waals surface area contributed by atoms with Gasteiger partial charge in [0.05, 0.1) is 5.69 Å². The number of carbonyl (C=O) groups is 1. The summed E-state index contributed by atoms with van der Waals surface area (Å²) >= 11 is 0. The van der Waals surface area contributed by atoms with Crippen molar-refractivity contribution < 1.29 is 4.79 Å². The van der Waals surface area contributed by atoms with Crippen LogP contribution in [0.1, 0.15) is 32.7 Å². The molecule has 5 heteroatoms. The molecule has 4 aromatic rings. The van der Waals surface area contributed by atoms with Crippen molar-refractivity contribution in [2.45, 2.75) is 27.3 Å². The van der Waals surface area contributed by atoms with E-state index in [9.17, 15) is 9.59 Å². The van der Waals surface area contributed by atoms with Crippen molar-refractivity contribution in [3.8, 4) is 11.3 Å². The summed E-state index contributed by atoms with van der Waals surface area (Å²) in [4.78, 5) is 30.9. The van der Waals surface area contributed by atoms with Crippen LogP contribution in [0.25, 0.3) is 11.3 Å². The molecule has 0 atom stereocenters. The Kier molecular flexibility index (Phi) is 5.99. The number of nitrogens with zero attached hydrogens (tertiary/aromatic N) is 2. The van der Waals surface area contributed by atoms with Crippen LogP contribution in [0.2, 0.25) is 0 Å². The number of amides is 1. The second-order valence-corrected chi connectivity index (χ2v) is 7.90. The Morgan fingerprint density at radius 2 is 1.66 bits per heavy atom. The summed E-state index contributed by atoms with van der Waals surface area (Å²) in [6.07, 6.45) is 3.53. The largest absolute Gasteiger partial charge is 0.340 e. The van der Waals surface area contributed by atoms with E-state index in [-0.39, 0.29) is 11.0 Å². The van der Waals surface area contributed by atoms with Gasteiger partial charge in [0.15, 0.2) is 5.43 Å². The molecule has 32 heavy (non-hydrogen) atoms. The molecule has 0 saturated heterocycles. The van der Waals surface area contributed by atoms with E-state index in [4.69, 9.17) is 0 Å². The average molecular weight is 424 g/mol. The van der Waals surface area contributed by atoms with Crippen LogP contribution in [0, 0.1) is 20.8 Å². The van der Waals surface area contributed by atoms with E-state index in [0.717, 1.165) is 27.9 Å². The number of hydrogen-bond donors (Lipinski definition) is 1. The molecule has 0 spiro atoms. The van der Waals surface area contributed by atoms with Gasteiger partial charge in [-0.25, -0.2) is 0 Å². The zero-order valence-electron chi connectivity index (χ0n) is 18.4. The lowest BCUT2D eigenvalue weighted by Gasteiger charge is -2.21. The summed E-state index contributed by atoms with van der Waals surface area (Å²) in [5, 5.41) is 2.94. The number of para-hydroxylation sites is 1. The molecule has 0 unspecified atom stereocenters. The van der Waals surface area contributed by atoms with Crippen LogP contribution < -0.4 is 10.7 Å². The Balaban J connectivity index is 1.94. The highest BCUT2D eigenvalue weighted by molar-refractivity contribution is 6.08. The second-order valence-electron chi connectivity index (χ2n) is 7.90. The standard InChI is InChI=1S/C27H25N3O2/c1-18-9-4-6-12-22(18)26-25(27(32)29-23-13-7-5-10-19(23)2)24(31)15-20(3)30(26)17-21-11-8-14-28-16-21/h4-16H,17H2,1-3H3,(H,29,32). The fourth-order valence-electron chi connectivity index (χ4n) is 3.88. The average Bonchev–Trinajstić information content (AvgIpc) is 2.78. The van der Waals surface area contributed by atoms with Gasteiger partial charge >= 0.3 is 0 Å². The summed E-state index contributed by atoms with van der Waals surface area (Å²) in [5.74, 6) is -0.414. The quantitative estimate of drug-likeness (QED) is 0.484. The van der Waals surface area contributed by atoms with E-state index in [2.05, 4.69) is 10.3 Å². The van der Waals surface area contributed by atoms with Crippen molar-refractivity contribution in [1.82, 2.24) is 9.55 Å². The molecular formula is C27H25N3O2. The first-order valence-electron chi connectivity index (χ1n) is 10.5. The van der Waals surface area contributed by atoms with Crippen molar-refractivity contribution in [3.05, 3.63) is 117 Å². The lowest BCUT2D eigenvalue weighted by atomic mass is 9.98. The molecule has 0 bridgehead atoms. The van der Waals surface area contributed by atoms with Gasteiger partial charge in [-0.2, -0.15) is 0 Å². The predicted molar refractivity (Wildman–Crippen MR) is 128 cm³/mol. The zero-order chi connectivity index (χ0) is 22.7. The van der Waals surface area contributed by atoms with Crippen LogP contribution in [-0.4, -0.2) is 15.5 Å². The lowest BCUT2D eigenvalue weighted by Crippen LogP contribution is -2.27. The van der Waals surface area contributed by atoms with Crippen LogP contribution in [-0.2, 0) is 6.54 Å². The van der Waals surface area contributed by atoms with Crippen LogP contribution in [0.5, 0.6) is 0 Å². The van der Waals surface area contributed by atoms with Crippen molar-refractivity contribution in [2.24, 2.45) is 0 Å². The van der Waals surface area contributed by atoms with Crippen LogP contribution in [0.4, 0.5) is 5.69 Å². The van der Waals surface area contributed by atoms with Crippen molar-refractivity contribution in [1.29, 1.82) is 0 Å². The highest BCUT2D eigenvalue weighted by Gasteiger charge is 2.23. The Hall–Kier alpha value is -3.99. The normalized spacial score (nSPS) is 10.7. The summed E-state index contributed by atoms with van der Waals surface area (Å²) in [6, 6.07) is 20.7. The van der Waals surface area contributed by atoms with Gasteiger partial charge in [-0.05, 0) is 49.6 Å². The summed E-state index contributed by atoms with van der Waals surface area (Å²) in [7, 11) is 0. The van der Waals surface area contributed by atoms with Crippen LogP contribution >= 0.6 is 0 Å². The molecule has 2 aromatic carbocycles. The topological polar surface area (TPSA) is 64.0 Å². The van der Waals surface area contributed by atoms with Gasteiger partial charge in [0.1, 0.15) is 5.56 Å². The lowest BCUT2D eigenvalue weighted by molar-refractivity contribution is 0.102. The van der Waals surface area contributed by atoms with E-state index in [1.807, 2.05) is 86.0 Å². The number of benzene rings is 2. The molecular weight excluding hydrogens is 398 g/mol. The number of rotatable bonds is 5. The minimum Gasteiger partial charge on any atom is -0.340 e. The first-order valence-corrected chi connectivity index (χ1v) is 10.5. The zero-order valence-corrected chi connectivity index (χ0v) is 18.4. The third kappa shape index (κ3) is 4.23. The molecule has 0 aliphatic carbocycles. The molecule has 0 saturated carbocycles. The van der Waals surface area contributed by atoms with Crippen molar-refractivity contribution >= 4 is 11.6 Å². The Bertz CT molecular complexity index is 1340. The van der Waals surface area contributed by atoms with E-state index in [1.165, 1.54) is 6.07 Å². The maximum Gasteiger partial charge on any atom is 0.261 e. The Morgan fingerprint density at radius 1 is 0.938 bits per heavy atom. The minimum atomic E-state index is -0.414. The van der Waals surface area contributed by atoms with Gasteiger partial charge in [0.2, 0.25) is 0 Å². The smallest absolute Gasteiger partial charge is 0.261 e. The predicted octanol–water partition coefficient (Wildman–Crippen LogP) is 5.14. The molecule has 0 aliphatic rings. The van der Waals surface area contributed by atoms with E-state index >= 15 is 0 Å². The Morgan fingerprint density at radius 3 is 2.34 bits per heavy atom. The maximum atomic E-state index is 13.5. The van der Waals surface area contributed by atoms with Crippen molar-refractivity contribution in [2.75, 3.05) is 5.32 Å². The number of anilines is 1. The highest BCUT2D eigenvalue weighted by atomic mass is 16.2. The third-order valence-corrected chi connectivity index (χ3v) is 5.60. The maximum absolute atomic E-state index is 13.5. The molecule has 160 valence electrons. The molecule has 4 rings (SSSR count). The number of aromatic nitrogens is 2. The molecule has 0 fully saturated rings.